The van der Waals surface area contributed by atoms with Crippen LogP contribution in [0.3, 0.4) is 0 Å². The van der Waals surface area contributed by atoms with E-state index in [1.807, 2.05) is 20.8 Å². The molecule has 0 aromatic heterocycles. The summed E-state index contributed by atoms with van der Waals surface area (Å²) in [5.74, 6) is -0.0624. The van der Waals surface area contributed by atoms with Crippen LogP contribution in [0.1, 0.15) is 27.2 Å². The van der Waals surface area contributed by atoms with Crippen LogP contribution in [0.4, 0.5) is 4.79 Å². The Hall–Kier alpha value is -1.14. The van der Waals surface area contributed by atoms with Crippen molar-refractivity contribution in [2.24, 2.45) is 0 Å². The van der Waals surface area contributed by atoms with Gasteiger partial charge >= 0.3 is 6.09 Å². The number of hydrogen-bond acceptors (Lipinski definition) is 5. The molecule has 1 spiro atoms. The summed E-state index contributed by atoms with van der Waals surface area (Å²) < 4.78 is 16.3. The molecule has 1 amide bonds. The highest BCUT2D eigenvalue weighted by Gasteiger charge is 2.44. The van der Waals surface area contributed by atoms with E-state index in [4.69, 9.17) is 14.2 Å². The van der Waals surface area contributed by atoms with E-state index in [1.54, 1.807) is 4.90 Å². The van der Waals surface area contributed by atoms with E-state index in [0.29, 0.717) is 26.1 Å². The summed E-state index contributed by atoms with van der Waals surface area (Å²) in [4.78, 5) is 24.9. The average Bonchev–Trinajstić information content (AvgIpc) is 2.60. The number of ketones is 1. The van der Waals surface area contributed by atoms with Gasteiger partial charge in [0.25, 0.3) is 0 Å². The molecule has 2 aliphatic rings. The molecule has 0 aromatic rings. The Balaban J connectivity index is 1.95. The Morgan fingerprint density at radius 3 is 2.79 bits per heavy atom. The average molecular weight is 271 g/mol. The van der Waals surface area contributed by atoms with Gasteiger partial charge in [0, 0.05) is 6.54 Å². The summed E-state index contributed by atoms with van der Waals surface area (Å²) in [6, 6.07) is 0. The van der Waals surface area contributed by atoms with Crippen molar-refractivity contribution in [2.45, 2.75) is 38.4 Å². The summed E-state index contributed by atoms with van der Waals surface area (Å²) >= 11 is 0. The molecule has 2 saturated heterocycles. The topological polar surface area (TPSA) is 65.1 Å². The first-order valence-electron chi connectivity index (χ1n) is 6.51. The van der Waals surface area contributed by atoms with Crippen molar-refractivity contribution in [2.75, 3.05) is 32.9 Å². The summed E-state index contributed by atoms with van der Waals surface area (Å²) in [6.45, 7) is 6.97. The summed E-state index contributed by atoms with van der Waals surface area (Å²) in [5, 5.41) is 0. The van der Waals surface area contributed by atoms with Gasteiger partial charge in [-0.2, -0.15) is 0 Å². The second-order valence-corrected chi connectivity index (χ2v) is 6.16. The van der Waals surface area contributed by atoms with Gasteiger partial charge < -0.3 is 19.1 Å². The Morgan fingerprint density at radius 2 is 2.11 bits per heavy atom. The molecule has 0 bridgehead atoms. The van der Waals surface area contributed by atoms with Crippen molar-refractivity contribution in [1.82, 2.24) is 4.90 Å². The largest absolute Gasteiger partial charge is 0.444 e. The smallest absolute Gasteiger partial charge is 0.410 e. The fourth-order valence-corrected chi connectivity index (χ4v) is 2.23. The van der Waals surface area contributed by atoms with Gasteiger partial charge in [0.15, 0.2) is 5.78 Å². The molecule has 19 heavy (non-hydrogen) atoms. The fraction of sp³-hybridized carbons (Fsp3) is 0.846. The second kappa shape index (κ2) is 5.09. The number of likely N-dealkylation sites (tertiary alicyclic amines) is 1. The first-order chi connectivity index (χ1) is 8.80. The van der Waals surface area contributed by atoms with Crippen LogP contribution in [0.5, 0.6) is 0 Å². The minimum absolute atomic E-state index is 0.0577. The van der Waals surface area contributed by atoms with Crippen LogP contribution in [0, 0.1) is 0 Å². The number of amides is 1. The molecule has 6 nitrogen and oxygen atoms in total. The molecule has 108 valence electrons. The molecular formula is C13H21NO5. The van der Waals surface area contributed by atoms with Crippen molar-refractivity contribution in [3.8, 4) is 0 Å². The maximum absolute atomic E-state index is 12.0. The van der Waals surface area contributed by atoms with Crippen LogP contribution in [-0.4, -0.2) is 60.9 Å². The minimum Gasteiger partial charge on any atom is -0.444 e. The van der Waals surface area contributed by atoms with E-state index in [2.05, 4.69) is 0 Å². The number of ether oxygens (including phenoxy) is 3. The Kier molecular flexibility index (Phi) is 3.82. The van der Waals surface area contributed by atoms with Crippen molar-refractivity contribution in [3.05, 3.63) is 0 Å². The van der Waals surface area contributed by atoms with Crippen molar-refractivity contribution >= 4 is 11.9 Å². The molecule has 0 radical (unpaired) electrons. The van der Waals surface area contributed by atoms with E-state index in [1.165, 1.54) is 0 Å². The lowest BCUT2D eigenvalue weighted by Crippen LogP contribution is -2.43. The maximum atomic E-state index is 12.0. The van der Waals surface area contributed by atoms with Crippen LogP contribution in [0.25, 0.3) is 0 Å². The van der Waals surface area contributed by atoms with Crippen LogP contribution in [-0.2, 0) is 19.0 Å². The highest BCUT2D eigenvalue weighted by atomic mass is 16.6. The molecule has 1 unspecified atom stereocenters. The van der Waals surface area contributed by atoms with E-state index in [-0.39, 0.29) is 25.1 Å². The number of nitrogens with zero attached hydrogens (tertiary/aromatic N) is 1. The standard InChI is InChI=1S/C13H21NO5/c1-12(2,3)19-11(16)14-5-4-13(8-14)9-17-6-10(15)7-18-13/h4-9H2,1-3H3. The third-order valence-corrected chi connectivity index (χ3v) is 3.14. The van der Waals surface area contributed by atoms with Gasteiger partial charge in [-0.15, -0.1) is 0 Å². The zero-order valence-electron chi connectivity index (χ0n) is 11.7. The molecule has 2 aliphatic heterocycles. The zero-order chi connectivity index (χ0) is 14.1. The molecular weight excluding hydrogens is 250 g/mol. The van der Waals surface area contributed by atoms with Gasteiger partial charge in [-0.05, 0) is 27.2 Å². The highest BCUT2D eigenvalue weighted by molar-refractivity contribution is 5.81. The van der Waals surface area contributed by atoms with Gasteiger partial charge in [-0.3, -0.25) is 4.79 Å². The minimum atomic E-state index is -0.553. The molecule has 0 N–H and O–H groups in total. The fourth-order valence-electron chi connectivity index (χ4n) is 2.23. The van der Waals surface area contributed by atoms with Crippen LogP contribution < -0.4 is 0 Å². The van der Waals surface area contributed by atoms with Crippen LogP contribution in [0.15, 0.2) is 0 Å². The normalized spacial score (nSPS) is 28.6. The molecule has 6 heteroatoms. The quantitative estimate of drug-likeness (QED) is 0.657. The summed E-state index contributed by atoms with van der Waals surface area (Å²) in [7, 11) is 0. The SMILES string of the molecule is CC(C)(C)OC(=O)N1CCC2(COCC(=O)CO2)C1. The molecule has 2 fully saturated rings. The lowest BCUT2D eigenvalue weighted by atomic mass is 10.1. The van der Waals surface area contributed by atoms with Gasteiger partial charge in [0.05, 0.1) is 13.2 Å². The third kappa shape index (κ3) is 3.67. The number of carbonyl (C=O) groups excluding carboxylic acids is 2. The predicted molar refractivity (Wildman–Crippen MR) is 66.9 cm³/mol. The molecule has 0 aliphatic carbocycles. The van der Waals surface area contributed by atoms with Crippen molar-refractivity contribution < 1.29 is 23.8 Å². The number of Topliss-reactive ketones (excluding diaryl/α,β-unsaturated/α-hetero) is 1. The van der Waals surface area contributed by atoms with Crippen molar-refractivity contribution in [1.29, 1.82) is 0 Å². The highest BCUT2D eigenvalue weighted by Crippen LogP contribution is 2.28. The van der Waals surface area contributed by atoms with Crippen LogP contribution in [0.2, 0.25) is 0 Å². The molecule has 2 heterocycles. The van der Waals surface area contributed by atoms with Gasteiger partial charge in [0.1, 0.15) is 24.4 Å². The first kappa shape index (κ1) is 14.3. The zero-order valence-corrected chi connectivity index (χ0v) is 11.7. The van der Waals surface area contributed by atoms with Gasteiger partial charge in [-0.25, -0.2) is 4.79 Å². The Morgan fingerprint density at radius 1 is 1.37 bits per heavy atom. The summed E-state index contributed by atoms with van der Waals surface area (Å²) in [5.41, 5.74) is -1.06. The van der Waals surface area contributed by atoms with Gasteiger partial charge in [0.2, 0.25) is 0 Å². The van der Waals surface area contributed by atoms with E-state index in [9.17, 15) is 9.59 Å². The molecule has 0 saturated carbocycles. The third-order valence-electron chi connectivity index (χ3n) is 3.14. The Labute approximate surface area is 113 Å². The van der Waals surface area contributed by atoms with Crippen LogP contribution >= 0.6 is 0 Å². The molecule has 0 aromatic carbocycles. The van der Waals surface area contributed by atoms with Gasteiger partial charge in [-0.1, -0.05) is 0 Å². The Bertz CT molecular complexity index is 376. The second-order valence-electron chi connectivity index (χ2n) is 6.16. The monoisotopic (exact) mass is 271 g/mol. The van der Waals surface area contributed by atoms with E-state index >= 15 is 0 Å². The maximum Gasteiger partial charge on any atom is 0.410 e. The predicted octanol–water partition coefficient (Wildman–Crippen LogP) is 0.982. The molecule has 1 atom stereocenters. The number of rotatable bonds is 0. The number of carbonyl (C=O) groups is 2. The van der Waals surface area contributed by atoms with E-state index < -0.39 is 11.2 Å². The number of hydrogen-bond donors (Lipinski definition) is 0. The lowest BCUT2D eigenvalue weighted by molar-refractivity contribution is -0.126. The lowest BCUT2D eigenvalue weighted by Gasteiger charge is -2.28. The van der Waals surface area contributed by atoms with Crippen molar-refractivity contribution in [3.63, 3.8) is 0 Å². The van der Waals surface area contributed by atoms with E-state index in [0.717, 1.165) is 0 Å². The molecule has 2 rings (SSSR count). The summed E-state index contributed by atoms with van der Waals surface area (Å²) in [6.07, 6.45) is 0.322. The first-order valence-corrected chi connectivity index (χ1v) is 6.51.